The van der Waals surface area contributed by atoms with Gasteiger partial charge < -0.3 is 10.2 Å². The molecule has 1 aromatic carbocycles. The molecule has 4 heteroatoms. The first-order chi connectivity index (χ1) is 7.13. The second-order valence-electron chi connectivity index (χ2n) is 3.41. The molecule has 0 spiro atoms. The van der Waals surface area contributed by atoms with Crippen molar-refractivity contribution < 1.29 is 9.18 Å². The number of likely N-dealkylation sites (N-methyl/N-ethyl adjacent to an activating group) is 2. The molecule has 15 heavy (non-hydrogen) atoms. The first-order valence-electron chi connectivity index (χ1n) is 4.76. The molecular weight excluding hydrogens is 195 g/mol. The fraction of sp³-hybridized carbons (Fsp3) is 0.364. The van der Waals surface area contributed by atoms with E-state index in [2.05, 4.69) is 5.32 Å². The molecule has 0 aliphatic heterocycles. The standard InChI is InChI=1S/C11H15FN2O/c1-13-7-11(15)14(2)8-9-3-5-10(12)6-4-9/h3-6,13H,7-8H2,1-2H3. The third kappa shape index (κ3) is 3.67. The number of nitrogens with zero attached hydrogens (tertiary/aromatic N) is 1. The highest BCUT2D eigenvalue weighted by atomic mass is 19.1. The summed E-state index contributed by atoms with van der Waals surface area (Å²) < 4.78 is 12.6. The number of hydrogen-bond acceptors (Lipinski definition) is 2. The van der Waals surface area contributed by atoms with Crippen molar-refractivity contribution in [2.75, 3.05) is 20.6 Å². The topological polar surface area (TPSA) is 32.3 Å². The monoisotopic (exact) mass is 210 g/mol. The van der Waals surface area contributed by atoms with Gasteiger partial charge in [0.15, 0.2) is 0 Å². The lowest BCUT2D eigenvalue weighted by molar-refractivity contribution is -0.129. The van der Waals surface area contributed by atoms with E-state index in [1.54, 1.807) is 31.1 Å². The first kappa shape index (κ1) is 11.7. The van der Waals surface area contributed by atoms with Crippen molar-refractivity contribution in [3.8, 4) is 0 Å². The fourth-order valence-electron chi connectivity index (χ4n) is 1.24. The maximum Gasteiger partial charge on any atom is 0.236 e. The van der Waals surface area contributed by atoms with Gasteiger partial charge in [-0.25, -0.2) is 4.39 Å². The van der Waals surface area contributed by atoms with Crippen molar-refractivity contribution >= 4 is 5.91 Å². The van der Waals surface area contributed by atoms with E-state index in [0.717, 1.165) is 5.56 Å². The van der Waals surface area contributed by atoms with E-state index in [9.17, 15) is 9.18 Å². The highest BCUT2D eigenvalue weighted by molar-refractivity contribution is 5.77. The summed E-state index contributed by atoms with van der Waals surface area (Å²) in [6.45, 7) is 0.818. The molecule has 0 radical (unpaired) electrons. The van der Waals surface area contributed by atoms with Crippen LogP contribution in [0, 0.1) is 5.82 Å². The lowest BCUT2D eigenvalue weighted by Crippen LogP contribution is -2.33. The molecule has 0 aliphatic carbocycles. The summed E-state index contributed by atoms with van der Waals surface area (Å²) >= 11 is 0. The normalized spacial score (nSPS) is 10.1. The maximum absolute atomic E-state index is 12.6. The minimum atomic E-state index is -0.261. The average molecular weight is 210 g/mol. The van der Waals surface area contributed by atoms with Crippen LogP contribution in [0.15, 0.2) is 24.3 Å². The van der Waals surface area contributed by atoms with Crippen molar-refractivity contribution in [1.82, 2.24) is 10.2 Å². The van der Waals surface area contributed by atoms with Gasteiger partial charge in [0.05, 0.1) is 6.54 Å². The number of carbonyl (C=O) groups is 1. The molecule has 1 aromatic rings. The third-order valence-electron chi connectivity index (χ3n) is 2.09. The van der Waals surface area contributed by atoms with Crippen molar-refractivity contribution in [3.05, 3.63) is 35.6 Å². The molecule has 0 atom stereocenters. The number of benzene rings is 1. The Labute approximate surface area is 88.9 Å². The Bertz CT molecular complexity index is 324. The summed E-state index contributed by atoms with van der Waals surface area (Å²) in [6.07, 6.45) is 0. The number of hydrogen-bond donors (Lipinski definition) is 1. The lowest BCUT2D eigenvalue weighted by atomic mass is 10.2. The van der Waals surface area contributed by atoms with Gasteiger partial charge in [0.25, 0.3) is 0 Å². The SMILES string of the molecule is CNCC(=O)N(C)Cc1ccc(F)cc1. The maximum atomic E-state index is 12.6. The fourth-order valence-corrected chi connectivity index (χ4v) is 1.24. The summed E-state index contributed by atoms with van der Waals surface area (Å²) in [7, 11) is 3.45. The molecule has 82 valence electrons. The van der Waals surface area contributed by atoms with Crippen LogP contribution in [-0.4, -0.2) is 31.4 Å². The number of carbonyl (C=O) groups excluding carboxylic acids is 1. The molecule has 1 rings (SSSR count). The Morgan fingerprint density at radius 2 is 2.00 bits per heavy atom. The van der Waals surface area contributed by atoms with Crippen molar-refractivity contribution in [3.63, 3.8) is 0 Å². The van der Waals surface area contributed by atoms with Gasteiger partial charge in [0.1, 0.15) is 5.82 Å². The van der Waals surface area contributed by atoms with Gasteiger partial charge in [-0.05, 0) is 24.7 Å². The number of rotatable bonds is 4. The zero-order valence-corrected chi connectivity index (χ0v) is 8.96. The lowest BCUT2D eigenvalue weighted by Gasteiger charge is -2.16. The van der Waals surface area contributed by atoms with Crippen LogP contribution < -0.4 is 5.32 Å². The van der Waals surface area contributed by atoms with Gasteiger partial charge in [-0.2, -0.15) is 0 Å². The van der Waals surface area contributed by atoms with Gasteiger partial charge in [0.2, 0.25) is 5.91 Å². The van der Waals surface area contributed by atoms with Crippen molar-refractivity contribution in [2.24, 2.45) is 0 Å². The quantitative estimate of drug-likeness (QED) is 0.804. The molecule has 0 bridgehead atoms. The Hall–Kier alpha value is -1.42. The zero-order chi connectivity index (χ0) is 11.3. The van der Waals surface area contributed by atoms with Crippen molar-refractivity contribution in [1.29, 1.82) is 0 Å². The van der Waals surface area contributed by atoms with E-state index in [4.69, 9.17) is 0 Å². The minimum Gasteiger partial charge on any atom is -0.340 e. The Morgan fingerprint density at radius 3 is 2.53 bits per heavy atom. The van der Waals surface area contributed by atoms with Gasteiger partial charge in [-0.1, -0.05) is 12.1 Å². The highest BCUT2D eigenvalue weighted by Crippen LogP contribution is 2.05. The van der Waals surface area contributed by atoms with Crippen molar-refractivity contribution in [2.45, 2.75) is 6.54 Å². The molecule has 0 fully saturated rings. The molecule has 3 nitrogen and oxygen atoms in total. The summed E-state index contributed by atoms with van der Waals surface area (Å²) in [5.74, 6) is -0.246. The second-order valence-corrected chi connectivity index (χ2v) is 3.41. The van der Waals surface area contributed by atoms with E-state index < -0.39 is 0 Å². The smallest absolute Gasteiger partial charge is 0.236 e. The van der Waals surface area contributed by atoms with E-state index in [1.165, 1.54) is 12.1 Å². The summed E-state index contributed by atoms with van der Waals surface area (Å²) in [6, 6.07) is 6.15. The number of halogens is 1. The van der Waals surface area contributed by atoms with Gasteiger partial charge in [0, 0.05) is 13.6 Å². The van der Waals surface area contributed by atoms with Gasteiger partial charge in [-0.3, -0.25) is 4.79 Å². The molecule has 1 N–H and O–H groups in total. The van der Waals surface area contributed by atoms with Crippen LogP contribution in [-0.2, 0) is 11.3 Å². The second kappa shape index (κ2) is 5.46. The van der Waals surface area contributed by atoms with Crippen LogP contribution in [0.2, 0.25) is 0 Å². The van der Waals surface area contributed by atoms with Crippen LogP contribution in [0.5, 0.6) is 0 Å². The van der Waals surface area contributed by atoms with Crippen LogP contribution in [0.1, 0.15) is 5.56 Å². The van der Waals surface area contributed by atoms with Crippen LogP contribution >= 0.6 is 0 Å². The molecule has 0 saturated heterocycles. The largest absolute Gasteiger partial charge is 0.340 e. The molecule has 0 saturated carbocycles. The molecule has 0 heterocycles. The molecule has 0 aliphatic rings. The van der Waals surface area contributed by atoms with Gasteiger partial charge >= 0.3 is 0 Å². The van der Waals surface area contributed by atoms with Crippen LogP contribution in [0.4, 0.5) is 4.39 Å². The van der Waals surface area contributed by atoms with E-state index >= 15 is 0 Å². The van der Waals surface area contributed by atoms with E-state index in [0.29, 0.717) is 13.1 Å². The summed E-state index contributed by atoms with van der Waals surface area (Å²) in [5.41, 5.74) is 0.920. The molecule has 1 amide bonds. The third-order valence-corrected chi connectivity index (χ3v) is 2.09. The highest BCUT2D eigenvalue weighted by Gasteiger charge is 2.07. The molecule has 0 aromatic heterocycles. The number of nitrogens with one attached hydrogen (secondary N) is 1. The van der Waals surface area contributed by atoms with Crippen LogP contribution in [0.3, 0.4) is 0 Å². The summed E-state index contributed by atoms with van der Waals surface area (Å²) in [4.78, 5) is 13.0. The predicted octanol–water partition coefficient (Wildman–Crippen LogP) is 1.00. The zero-order valence-electron chi connectivity index (χ0n) is 8.96. The van der Waals surface area contributed by atoms with E-state index in [1.807, 2.05) is 0 Å². The molecular formula is C11H15FN2O. The minimum absolute atomic E-state index is 0.0156. The average Bonchev–Trinajstić information content (AvgIpc) is 2.22. The Balaban J connectivity index is 2.54. The Morgan fingerprint density at radius 1 is 1.40 bits per heavy atom. The first-order valence-corrected chi connectivity index (χ1v) is 4.76. The molecule has 0 unspecified atom stereocenters. The predicted molar refractivity (Wildman–Crippen MR) is 56.8 cm³/mol. The summed E-state index contributed by atoms with van der Waals surface area (Å²) in [5, 5.41) is 2.79. The van der Waals surface area contributed by atoms with Crippen LogP contribution in [0.25, 0.3) is 0 Å². The Kier molecular flexibility index (Phi) is 4.24. The van der Waals surface area contributed by atoms with E-state index in [-0.39, 0.29) is 11.7 Å². The number of amides is 1. The van der Waals surface area contributed by atoms with Gasteiger partial charge in [-0.15, -0.1) is 0 Å².